The largest absolute Gasteiger partial charge is 0.496 e. The predicted octanol–water partition coefficient (Wildman–Crippen LogP) is 2.10. The summed E-state index contributed by atoms with van der Waals surface area (Å²) in [5.41, 5.74) is 1.71. The van der Waals surface area contributed by atoms with E-state index in [2.05, 4.69) is 15.2 Å². The predicted molar refractivity (Wildman–Crippen MR) is 94.9 cm³/mol. The molecular weight excluding hydrogens is 318 g/mol. The molecule has 1 aliphatic rings. The maximum Gasteiger partial charge on any atom is 0.255 e. The molecule has 1 atom stereocenters. The second-order valence-corrected chi connectivity index (χ2v) is 6.10. The highest BCUT2D eigenvalue weighted by atomic mass is 16.5. The first-order valence-electron chi connectivity index (χ1n) is 8.34. The van der Waals surface area contributed by atoms with Crippen molar-refractivity contribution < 1.29 is 14.3 Å². The molecule has 132 valence electrons. The lowest BCUT2D eigenvalue weighted by molar-refractivity contribution is 0.0934. The minimum atomic E-state index is -0.0876. The maximum atomic E-state index is 12.5. The van der Waals surface area contributed by atoms with Gasteiger partial charge in [-0.3, -0.25) is 9.69 Å². The molecule has 6 heteroatoms. The van der Waals surface area contributed by atoms with Gasteiger partial charge in [-0.15, -0.1) is 0 Å². The fourth-order valence-electron chi connectivity index (χ4n) is 3.07. The number of likely N-dealkylation sites (tertiary alicyclic amines) is 1. The van der Waals surface area contributed by atoms with Gasteiger partial charge < -0.3 is 14.8 Å². The van der Waals surface area contributed by atoms with Gasteiger partial charge in [0.05, 0.1) is 19.8 Å². The summed E-state index contributed by atoms with van der Waals surface area (Å²) in [5, 5.41) is 3.11. The van der Waals surface area contributed by atoms with Crippen LogP contribution < -0.4 is 14.8 Å². The van der Waals surface area contributed by atoms with Crippen molar-refractivity contribution in [3.8, 4) is 11.6 Å². The number of amides is 1. The number of ether oxygens (including phenoxy) is 2. The van der Waals surface area contributed by atoms with Crippen molar-refractivity contribution in [2.75, 3.05) is 27.3 Å². The van der Waals surface area contributed by atoms with Crippen LogP contribution in [0, 0.1) is 0 Å². The molecule has 0 bridgehead atoms. The summed E-state index contributed by atoms with van der Waals surface area (Å²) in [7, 11) is 3.18. The highest BCUT2D eigenvalue weighted by Crippen LogP contribution is 2.19. The molecule has 1 fully saturated rings. The summed E-state index contributed by atoms with van der Waals surface area (Å²) in [5.74, 6) is 1.13. The number of rotatable bonds is 6. The Balaban J connectivity index is 1.54. The van der Waals surface area contributed by atoms with Crippen LogP contribution in [0.15, 0.2) is 42.6 Å². The first-order valence-corrected chi connectivity index (χ1v) is 8.34. The Bertz CT molecular complexity index is 718. The summed E-state index contributed by atoms with van der Waals surface area (Å²) in [4.78, 5) is 19.0. The van der Waals surface area contributed by atoms with E-state index in [-0.39, 0.29) is 11.9 Å². The van der Waals surface area contributed by atoms with E-state index in [9.17, 15) is 4.79 Å². The van der Waals surface area contributed by atoms with Gasteiger partial charge in [0, 0.05) is 37.9 Å². The Morgan fingerprint density at radius 1 is 1.24 bits per heavy atom. The van der Waals surface area contributed by atoms with Crippen molar-refractivity contribution in [2.45, 2.75) is 19.0 Å². The van der Waals surface area contributed by atoms with Gasteiger partial charge in [-0.05, 0) is 24.1 Å². The second kappa shape index (κ2) is 7.98. The molecule has 2 aromatic rings. The van der Waals surface area contributed by atoms with Gasteiger partial charge in [-0.2, -0.15) is 0 Å². The lowest BCUT2D eigenvalue weighted by Crippen LogP contribution is -2.37. The van der Waals surface area contributed by atoms with Gasteiger partial charge in [0.1, 0.15) is 5.75 Å². The Labute approximate surface area is 147 Å². The zero-order valence-electron chi connectivity index (χ0n) is 14.6. The molecule has 6 nitrogen and oxygen atoms in total. The minimum absolute atomic E-state index is 0.0876. The number of hydrogen-bond donors (Lipinski definition) is 1. The third-order valence-electron chi connectivity index (χ3n) is 4.37. The van der Waals surface area contributed by atoms with Crippen LogP contribution in [0.2, 0.25) is 0 Å². The Morgan fingerprint density at radius 2 is 2.08 bits per heavy atom. The minimum Gasteiger partial charge on any atom is -0.496 e. The molecule has 1 unspecified atom stereocenters. The van der Waals surface area contributed by atoms with Gasteiger partial charge >= 0.3 is 0 Å². The third-order valence-corrected chi connectivity index (χ3v) is 4.37. The molecule has 2 heterocycles. The Kier molecular flexibility index (Phi) is 5.50. The van der Waals surface area contributed by atoms with Gasteiger partial charge in [-0.25, -0.2) is 4.98 Å². The Hall–Kier alpha value is -2.60. The number of carbonyl (C=O) groups is 1. The fourth-order valence-corrected chi connectivity index (χ4v) is 3.07. The number of carbonyl (C=O) groups excluding carboxylic acids is 1. The van der Waals surface area contributed by atoms with E-state index < -0.39 is 0 Å². The lowest BCUT2D eigenvalue weighted by atomic mass is 10.1. The van der Waals surface area contributed by atoms with Crippen molar-refractivity contribution in [1.82, 2.24) is 15.2 Å². The number of methoxy groups -OCH3 is 2. The molecule has 25 heavy (non-hydrogen) atoms. The van der Waals surface area contributed by atoms with Gasteiger partial charge in [-0.1, -0.05) is 18.2 Å². The normalized spacial score (nSPS) is 17.3. The first-order chi connectivity index (χ1) is 12.2. The standard InChI is InChI=1S/C19H23N3O3/c1-24-17-6-4-3-5-16(17)19(23)21-15-9-10-22(13-15)12-14-7-8-18(25-2)20-11-14/h3-8,11,15H,9-10,12-13H2,1-2H3,(H,21,23). The van der Waals surface area contributed by atoms with Crippen LogP contribution in [0.3, 0.4) is 0 Å². The zero-order chi connectivity index (χ0) is 17.6. The molecule has 1 amide bonds. The van der Waals surface area contributed by atoms with Crippen LogP contribution in [0.25, 0.3) is 0 Å². The van der Waals surface area contributed by atoms with E-state index in [0.717, 1.165) is 31.6 Å². The average Bonchev–Trinajstić information content (AvgIpc) is 3.09. The summed E-state index contributed by atoms with van der Waals surface area (Å²) in [6, 6.07) is 11.3. The van der Waals surface area contributed by atoms with Crippen molar-refractivity contribution >= 4 is 5.91 Å². The molecular formula is C19H23N3O3. The number of benzene rings is 1. The topological polar surface area (TPSA) is 63.7 Å². The molecule has 1 aliphatic heterocycles. The number of nitrogens with zero attached hydrogens (tertiary/aromatic N) is 2. The molecule has 1 aromatic carbocycles. The van der Waals surface area contributed by atoms with E-state index in [0.29, 0.717) is 17.2 Å². The molecule has 0 radical (unpaired) electrons. The number of pyridine rings is 1. The van der Waals surface area contributed by atoms with E-state index in [1.165, 1.54) is 0 Å². The lowest BCUT2D eigenvalue weighted by Gasteiger charge is -2.17. The quantitative estimate of drug-likeness (QED) is 0.872. The van der Waals surface area contributed by atoms with Crippen LogP contribution in [0.5, 0.6) is 11.6 Å². The highest BCUT2D eigenvalue weighted by molar-refractivity contribution is 5.97. The summed E-state index contributed by atoms with van der Waals surface area (Å²) in [6.45, 7) is 2.59. The van der Waals surface area contributed by atoms with Crippen LogP contribution in [-0.4, -0.2) is 49.1 Å². The molecule has 1 N–H and O–H groups in total. The molecule has 1 aromatic heterocycles. The van der Waals surface area contributed by atoms with E-state index in [1.54, 1.807) is 26.4 Å². The fraction of sp³-hybridized carbons (Fsp3) is 0.368. The zero-order valence-corrected chi connectivity index (χ0v) is 14.6. The van der Waals surface area contributed by atoms with Crippen molar-refractivity contribution in [3.63, 3.8) is 0 Å². The van der Waals surface area contributed by atoms with Crippen molar-refractivity contribution in [1.29, 1.82) is 0 Å². The smallest absolute Gasteiger partial charge is 0.255 e. The molecule has 0 spiro atoms. The summed E-state index contributed by atoms with van der Waals surface area (Å²) >= 11 is 0. The van der Waals surface area contributed by atoms with Crippen LogP contribution in [0.4, 0.5) is 0 Å². The number of hydrogen-bond acceptors (Lipinski definition) is 5. The average molecular weight is 341 g/mol. The van der Waals surface area contributed by atoms with Crippen LogP contribution in [0.1, 0.15) is 22.3 Å². The van der Waals surface area contributed by atoms with Crippen LogP contribution in [-0.2, 0) is 6.54 Å². The van der Waals surface area contributed by atoms with E-state index >= 15 is 0 Å². The first kappa shape index (κ1) is 17.2. The maximum absolute atomic E-state index is 12.5. The summed E-state index contributed by atoms with van der Waals surface area (Å²) < 4.78 is 10.3. The van der Waals surface area contributed by atoms with Crippen molar-refractivity contribution in [2.24, 2.45) is 0 Å². The SMILES string of the molecule is COc1ccc(CN2CCC(NC(=O)c3ccccc3OC)C2)cn1. The third kappa shape index (κ3) is 4.28. The van der Waals surface area contributed by atoms with Gasteiger partial charge in [0.15, 0.2) is 0 Å². The monoisotopic (exact) mass is 341 g/mol. The highest BCUT2D eigenvalue weighted by Gasteiger charge is 2.25. The van der Waals surface area contributed by atoms with Crippen molar-refractivity contribution in [3.05, 3.63) is 53.7 Å². The van der Waals surface area contributed by atoms with Gasteiger partial charge in [0.2, 0.25) is 5.88 Å². The number of aromatic nitrogens is 1. The van der Waals surface area contributed by atoms with E-state index in [1.807, 2.05) is 30.5 Å². The molecule has 3 rings (SSSR count). The molecule has 1 saturated heterocycles. The van der Waals surface area contributed by atoms with Gasteiger partial charge in [0.25, 0.3) is 5.91 Å². The number of nitrogens with one attached hydrogen (secondary N) is 1. The van der Waals surface area contributed by atoms with Crippen LogP contribution >= 0.6 is 0 Å². The second-order valence-electron chi connectivity index (χ2n) is 6.10. The number of para-hydroxylation sites is 1. The van der Waals surface area contributed by atoms with E-state index in [4.69, 9.17) is 9.47 Å². The Morgan fingerprint density at radius 3 is 2.80 bits per heavy atom. The molecule has 0 saturated carbocycles. The molecule has 0 aliphatic carbocycles. The summed E-state index contributed by atoms with van der Waals surface area (Å²) in [6.07, 6.45) is 2.77.